The van der Waals surface area contributed by atoms with E-state index in [2.05, 4.69) is 0 Å². The maximum absolute atomic E-state index is 14.2. The second kappa shape index (κ2) is 11.7. The van der Waals surface area contributed by atoms with Crippen LogP contribution in [0, 0.1) is 5.41 Å². The molecule has 1 fully saturated rings. The van der Waals surface area contributed by atoms with Gasteiger partial charge < -0.3 is 10.0 Å². The van der Waals surface area contributed by atoms with Gasteiger partial charge in [0.2, 0.25) is 5.91 Å². The molecule has 1 saturated heterocycles. The number of benzene rings is 2. The molecular weight excluding hydrogens is 533 g/mol. The van der Waals surface area contributed by atoms with Crippen molar-refractivity contribution in [1.29, 1.82) is 0 Å². The molecule has 0 bridgehead atoms. The molecule has 3 rings (SSSR count). The van der Waals surface area contributed by atoms with Crippen molar-refractivity contribution in [3.05, 3.63) is 69.7 Å². The van der Waals surface area contributed by atoms with Gasteiger partial charge in [0, 0.05) is 22.0 Å². The van der Waals surface area contributed by atoms with Gasteiger partial charge in [0.1, 0.15) is 0 Å². The number of halogens is 2. The fraction of sp³-hybridized carbons (Fsp3) is 0.500. The number of nitrogens with zero attached hydrogens (tertiary/aromatic N) is 1. The first-order valence-electron chi connectivity index (χ1n) is 12.6. The number of likely N-dealkylation sites (tertiary alicyclic amines) is 1. The van der Waals surface area contributed by atoms with E-state index in [0.29, 0.717) is 22.9 Å². The van der Waals surface area contributed by atoms with E-state index in [-0.39, 0.29) is 30.4 Å². The van der Waals surface area contributed by atoms with E-state index in [1.807, 2.05) is 37.3 Å². The van der Waals surface area contributed by atoms with Crippen LogP contribution in [0.4, 0.5) is 0 Å². The van der Waals surface area contributed by atoms with Gasteiger partial charge in [-0.2, -0.15) is 0 Å². The van der Waals surface area contributed by atoms with Crippen molar-refractivity contribution < 1.29 is 23.1 Å². The van der Waals surface area contributed by atoms with E-state index in [4.69, 9.17) is 23.2 Å². The summed E-state index contributed by atoms with van der Waals surface area (Å²) >= 11 is 12.5. The summed E-state index contributed by atoms with van der Waals surface area (Å²) < 4.78 is 25.4. The molecule has 1 aliphatic rings. The molecule has 6 nitrogen and oxygen atoms in total. The molecule has 0 aliphatic carbocycles. The molecule has 1 heterocycles. The Bertz CT molecular complexity index is 1230. The van der Waals surface area contributed by atoms with Gasteiger partial charge in [-0.05, 0) is 68.5 Å². The number of carbonyl (C=O) groups is 2. The molecule has 202 valence electrons. The van der Waals surface area contributed by atoms with E-state index in [0.717, 1.165) is 11.1 Å². The Morgan fingerprint density at radius 3 is 2.30 bits per heavy atom. The molecule has 0 aromatic heterocycles. The van der Waals surface area contributed by atoms with Gasteiger partial charge >= 0.3 is 5.97 Å². The normalized spacial score (nSPS) is 23.3. The summed E-state index contributed by atoms with van der Waals surface area (Å²) in [5.74, 6) is -1.65. The number of sulfone groups is 1. The molecule has 2 aromatic carbocycles. The zero-order valence-corrected chi connectivity index (χ0v) is 24.0. The summed E-state index contributed by atoms with van der Waals surface area (Å²) in [6.07, 6.45) is 0.767. The smallest absolute Gasteiger partial charge is 0.304 e. The number of aliphatic carboxylic acids is 1. The number of amides is 1. The highest BCUT2D eigenvalue weighted by molar-refractivity contribution is 7.91. The van der Waals surface area contributed by atoms with Crippen LogP contribution >= 0.6 is 23.2 Å². The van der Waals surface area contributed by atoms with Crippen LogP contribution in [0.2, 0.25) is 10.0 Å². The standard InChI is InChI=1S/C28H35Cl2NO5S/c1-5-23(13-14-37(35,36)18(2)3)31-26(19-9-11-21(29)12-10-19)24(20-7-6-8-22(30)15-20)16-28(4,27(31)34)17-25(32)33/h6-12,15,18,23-24,26H,5,13-14,16-17H2,1-4H3,(H,32,33)/t23-,24?,26?,28+/m0/s1. The summed E-state index contributed by atoms with van der Waals surface area (Å²) in [5, 5.41) is 10.3. The first kappa shape index (κ1) is 29.5. The fourth-order valence-electron chi connectivity index (χ4n) is 5.36. The molecule has 0 spiro atoms. The van der Waals surface area contributed by atoms with E-state index < -0.39 is 38.6 Å². The van der Waals surface area contributed by atoms with E-state index in [1.54, 1.807) is 43.9 Å². The summed E-state index contributed by atoms with van der Waals surface area (Å²) in [5.41, 5.74) is 0.572. The molecule has 1 amide bonds. The Kier molecular flexibility index (Phi) is 9.36. The molecule has 2 aromatic rings. The predicted molar refractivity (Wildman–Crippen MR) is 148 cm³/mol. The van der Waals surface area contributed by atoms with Crippen molar-refractivity contribution >= 4 is 44.9 Å². The lowest BCUT2D eigenvalue weighted by atomic mass is 9.67. The van der Waals surface area contributed by atoms with Crippen molar-refractivity contribution in [1.82, 2.24) is 4.90 Å². The predicted octanol–water partition coefficient (Wildman–Crippen LogP) is 6.52. The molecule has 1 N–H and O–H groups in total. The van der Waals surface area contributed by atoms with E-state index in [9.17, 15) is 23.1 Å². The van der Waals surface area contributed by atoms with Gasteiger partial charge in [-0.15, -0.1) is 0 Å². The first-order valence-corrected chi connectivity index (χ1v) is 15.0. The average Bonchev–Trinajstić information content (AvgIpc) is 2.82. The quantitative estimate of drug-likeness (QED) is 0.352. The minimum atomic E-state index is -3.33. The number of carbonyl (C=O) groups excluding carboxylic acids is 1. The number of rotatable bonds is 10. The van der Waals surface area contributed by atoms with Crippen molar-refractivity contribution in [2.45, 2.75) is 76.6 Å². The van der Waals surface area contributed by atoms with Crippen LogP contribution in [0.1, 0.15) is 76.5 Å². The average molecular weight is 569 g/mol. The van der Waals surface area contributed by atoms with E-state index in [1.165, 1.54) is 0 Å². The Morgan fingerprint density at radius 1 is 1.11 bits per heavy atom. The van der Waals surface area contributed by atoms with Crippen LogP contribution in [0.15, 0.2) is 48.5 Å². The third-order valence-corrected chi connectivity index (χ3v) is 10.2. The molecule has 37 heavy (non-hydrogen) atoms. The van der Waals surface area contributed by atoms with Crippen LogP contribution in [0.5, 0.6) is 0 Å². The largest absolute Gasteiger partial charge is 0.481 e. The van der Waals surface area contributed by atoms with E-state index >= 15 is 0 Å². The Balaban J connectivity index is 2.20. The van der Waals surface area contributed by atoms with Gasteiger partial charge in [-0.3, -0.25) is 9.59 Å². The molecular formula is C28H35Cl2NO5S. The van der Waals surface area contributed by atoms with Crippen LogP contribution in [-0.4, -0.2) is 47.3 Å². The first-order chi connectivity index (χ1) is 17.3. The number of hydrogen-bond acceptors (Lipinski definition) is 4. The Labute approximate surface area is 229 Å². The zero-order valence-electron chi connectivity index (χ0n) is 21.7. The van der Waals surface area contributed by atoms with Crippen LogP contribution in [0.3, 0.4) is 0 Å². The lowest BCUT2D eigenvalue weighted by Crippen LogP contribution is -2.56. The maximum atomic E-state index is 14.2. The number of carboxylic acid groups (broad SMARTS) is 1. The lowest BCUT2D eigenvalue weighted by Gasteiger charge is -2.52. The summed E-state index contributed by atoms with van der Waals surface area (Å²) in [6.45, 7) is 6.93. The molecule has 9 heteroatoms. The van der Waals surface area contributed by atoms with Gasteiger partial charge in [0.15, 0.2) is 9.84 Å². The third-order valence-electron chi connectivity index (χ3n) is 7.45. The molecule has 2 unspecified atom stereocenters. The van der Waals surface area contributed by atoms with Crippen molar-refractivity contribution in [2.75, 3.05) is 5.75 Å². The monoisotopic (exact) mass is 567 g/mol. The van der Waals surface area contributed by atoms with Gasteiger partial charge in [-0.25, -0.2) is 8.42 Å². The van der Waals surface area contributed by atoms with Crippen LogP contribution in [0.25, 0.3) is 0 Å². The topological polar surface area (TPSA) is 91.8 Å². The van der Waals surface area contributed by atoms with Crippen molar-refractivity contribution in [2.24, 2.45) is 5.41 Å². The van der Waals surface area contributed by atoms with Gasteiger partial charge in [0.25, 0.3) is 0 Å². The van der Waals surface area contributed by atoms with Crippen molar-refractivity contribution in [3.8, 4) is 0 Å². The molecule has 1 aliphatic heterocycles. The van der Waals surface area contributed by atoms with Crippen LogP contribution in [-0.2, 0) is 19.4 Å². The number of piperidine rings is 1. The van der Waals surface area contributed by atoms with Crippen molar-refractivity contribution in [3.63, 3.8) is 0 Å². The number of carboxylic acids is 1. The maximum Gasteiger partial charge on any atom is 0.304 e. The second-order valence-electron chi connectivity index (χ2n) is 10.5. The number of hydrogen-bond donors (Lipinski definition) is 1. The molecule has 4 atom stereocenters. The molecule has 0 saturated carbocycles. The second-order valence-corrected chi connectivity index (χ2v) is 14.0. The summed E-state index contributed by atoms with van der Waals surface area (Å²) in [7, 11) is -3.33. The summed E-state index contributed by atoms with van der Waals surface area (Å²) in [6, 6.07) is 13.9. The lowest BCUT2D eigenvalue weighted by molar-refractivity contribution is -0.160. The minimum Gasteiger partial charge on any atom is -0.481 e. The third kappa shape index (κ3) is 6.68. The Hall–Kier alpha value is -2.09. The highest BCUT2D eigenvalue weighted by atomic mass is 35.5. The zero-order chi connectivity index (χ0) is 27.5. The fourth-order valence-corrected chi connectivity index (χ4v) is 6.75. The summed E-state index contributed by atoms with van der Waals surface area (Å²) in [4.78, 5) is 27.9. The van der Waals surface area contributed by atoms with Gasteiger partial charge in [-0.1, -0.05) is 61.3 Å². The SMILES string of the molecule is CC[C@@H](CCS(=O)(=O)C(C)C)N1C(=O)[C@@](C)(CC(=O)O)CC(c2cccc(Cl)c2)C1c1ccc(Cl)cc1. The van der Waals surface area contributed by atoms with Gasteiger partial charge in [0.05, 0.1) is 28.9 Å². The Morgan fingerprint density at radius 2 is 1.76 bits per heavy atom. The van der Waals surface area contributed by atoms with Crippen LogP contribution < -0.4 is 0 Å². The minimum absolute atomic E-state index is 0.0578. The highest BCUT2D eigenvalue weighted by Gasteiger charge is 2.52. The molecule has 0 radical (unpaired) electrons. The highest BCUT2D eigenvalue weighted by Crippen LogP contribution is 2.52.